The van der Waals surface area contributed by atoms with Crippen molar-refractivity contribution >= 4 is 52.5 Å². The molecule has 26 heavy (non-hydrogen) atoms. The summed E-state index contributed by atoms with van der Waals surface area (Å²) in [6, 6.07) is 11.2. The number of aromatic hydroxyl groups is 1. The predicted octanol–water partition coefficient (Wildman–Crippen LogP) is 2.89. The summed E-state index contributed by atoms with van der Waals surface area (Å²) in [6.07, 6.45) is 1.36. The van der Waals surface area contributed by atoms with Crippen molar-refractivity contribution in [3.63, 3.8) is 0 Å². The maximum Gasteiger partial charge on any atom is 0.270 e. The predicted molar refractivity (Wildman–Crippen MR) is 102 cm³/mol. The van der Waals surface area contributed by atoms with Gasteiger partial charge < -0.3 is 9.84 Å². The van der Waals surface area contributed by atoms with Crippen LogP contribution >= 0.6 is 23.8 Å². The fourth-order valence-corrected chi connectivity index (χ4v) is 2.97. The van der Waals surface area contributed by atoms with Gasteiger partial charge in [-0.25, -0.2) is 0 Å². The van der Waals surface area contributed by atoms with Crippen LogP contribution in [0, 0.1) is 0 Å². The first-order valence-electron chi connectivity index (χ1n) is 7.45. The van der Waals surface area contributed by atoms with Gasteiger partial charge in [0.05, 0.1) is 17.8 Å². The summed E-state index contributed by atoms with van der Waals surface area (Å²) in [6.45, 7) is 0. The third kappa shape index (κ3) is 3.26. The number of amides is 2. The van der Waals surface area contributed by atoms with Crippen molar-refractivity contribution < 1.29 is 19.4 Å². The second-order valence-electron chi connectivity index (χ2n) is 5.34. The molecule has 2 aromatic carbocycles. The van der Waals surface area contributed by atoms with E-state index in [4.69, 9.17) is 28.6 Å². The molecule has 0 radical (unpaired) electrons. The molecular weight excluding hydrogens is 376 g/mol. The van der Waals surface area contributed by atoms with Crippen molar-refractivity contribution in [1.82, 2.24) is 5.32 Å². The Balaban J connectivity index is 2.03. The minimum Gasteiger partial charge on any atom is -0.504 e. The number of thiocarbonyl (C=S) groups is 1. The molecule has 1 aliphatic rings. The van der Waals surface area contributed by atoms with Crippen LogP contribution in [0.15, 0.2) is 48.0 Å². The molecule has 2 N–H and O–H groups in total. The molecule has 0 aromatic heterocycles. The van der Waals surface area contributed by atoms with Crippen molar-refractivity contribution in [3.05, 3.63) is 58.6 Å². The number of carbonyl (C=O) groups excluding carboxylic acids is 2. The fourth-order valence-electron chi connectivity index (χ4n) is 2.47. The molecule has 0 atom stereocenters. The lowest BCUT2D eigenvalue weighted by Gasteiger charge is -2.29. The number of rotatable bonds is 3. The minimum absolute atomic E-state index is 0.0529. The van der Waals surface area contributed by atoms with Crippen LogP contribution in [0.25, 0.3) is 6.08 Å². The second-order valence-corrected chi connectivity index (χ2v) is 6.13. The number of para-hydroxylation sites is 1. The smallest absolute Gasteiger partial charge is 0.270 e. The van der Waals surface area contributed by atoms with Gasteiger partial charge in [-0.3, -0.25) is 19.8 Å². The lowest BCUT2D eigenvalue weighted by atomic mass is 10.1. The Hall–Kier alpha value is -2.90. The third-order valence-corrected chi connectivity index (χ3v) is 4.31. The van der Waals surface area contributed by atoms with Gasteiger partial charge in [0.2, 0.25) is 0 Å². The van der Waals surface area contributed by atoms with Crippen LogP contribution in [0.5, 0.6) is 11.5 Å². The first kappa shape index (κ1) is 17.9. The number of ether oxygens (including phenoxy) is 1. The standard InChI is InChI=1S/C18H13ClN2O4S/c1-25-15-7-6-10(9-14(15)22)8-11-16(23)20-18(26)21(17(11)24)13-5-3-2-4-12(13)19/h2-9,22H,1H3,(H,20,23,26)/b11-8+. The summed E-state index contributed by atoms with van der Waals surface area (Å²) in [5.74, 6) is -1.06. The molecule has 0 unspecified atom stereocenters. The molecule has 1 fully saturated rings. The first-order valence-corrected chi connectivity index (χ1v) is 8.24. The maximum absolute atomic E-state index is 12.9. The lowest BCUT2D eigenvalue weighted by Crippen LogP contribution is -2.54. The van der Waals surface area contributed by atoms with E-state index in [1.165, 1.54) is 25.3 Å². The van der Waals surface area contributed by atoms with E-state index < -0.39 is 11.8 Å². The van der Waals surface area contributed by atoms with E-state index in [0.29, 0.717) is 16.3 Å². The number of hydrogen-bond acceptors (Lipinski definition) is 5. The van der Waals surface area contributed by atoms with Crippen LogP contribution < -0.4 is 15.0 Å². The minimum atomic E-state index is -0.626. The van der Waals surface area contributed by atoms with Gasteiger partial charge in [0.15, 0.2) is 16.6 Å². The van der Waals surface area contributed by atoms with Crippen molar-refractivity contribution in [1.29, 1.82) is 0 Å². The van der Waals surface area contributed by atoms with Gasteiger partial charge in [0.25, 0.3) is 11.8 Å². The number of nitrogens with one attached hydrogen (secondary N) is 1. The summed E-state index contributed by atoms with van der Waals surface area (Å²) >= 11 is 11.3. The van der Waals surface area contributed by atoms with Crippen molar-refractivity contribution in [3.8, 4) is 11.5 Å². The number of methoxy groups -OCH3 is 1. The Morgan fingerprint density at radius 1 is 1.23 bits per heavy atom. The van der Waals surface area contributed by atoms with E-state index in [0.717, 1.165) is 4.90 Å². The van der Waals surface area contributed by atoms with E-state index in [2.05, 4.69) is 5.32 Å². The average molecular weight is 389 g/mol. The van der Waals surface area contributed by atoms with Crippen molar-refractivity contribution in [2.75, 3.05) is 12.0 Å². The van der Waals surface area contributed by atoms with Gasteiger partial charge in [0, 0.05) is 0 Å². The zero-order valence-electron chi connectivity index (χ0n) is 13.5. The Bertz CT molecular complexity index is 958. The highest BCUT2D eigenvalue weighted by Gasteiger charge is 2.35. The zero-order chi connectivity index (χ0) is 18.8. The number of phenolic OH excluding ortho intramolecular Hbond substituents is 1. The molecule has 1 heterocycles. The topological polar surface area (TPSA) is 78.9 Å². The Morgan fingerprint density at radius 2 is 1.96 bits per heavy atom. The SMILES string of the molecule is COc1ccc(/C=C2\C(=O)NC(=S)N(c3ccccc3Cl)C2=O)cc1O. The number of anilines is 1. The summed E-state index contributed by atoms with van der Waals surface area (Å²) < 4.78 is 4.98. The van der Waals surface area contributed by atoms with Gasteiger partial charge in [-0.05, 0) is 48.1 Å². The van der Waals surface area contributed by atoms with E-state index in [9.17, 15) is 14.7 Å². The quantitative estimate of drug-likeness (QED) is 0.480. The van der Waals surface area contributed by atoms with Crippen LogP contribution in [0.4, 0.5) is 5.69 Å². The number of halogens is 1. The average Bonchev–Trinajstić information content (AvgIpc) is 2.60. The number of phenols is 1. The molecule has 2 amide bonds. The first-order chi connectivity index (χ1) is 12.4. The molecular formula is C18H13ClN2O4S. The summed E-state index contributed by atoms with van der Waals surface area (Å²) in [5, 5.41) is 12.6. The second kappa shape index (κ2) is 7.15. The molecule has 3 rings (SSSR count). The van der Waals surface area contributed by atoms with Gasteiger partial charge in [-0.2, -0.15) is 0 Å². The monoisotopic (exact) mass is 388 g/mol. The molecule has 132 valence electrons. The number of hydrogen-bond donors (Lipinski definition) is 2. The Kier molecular flexibility index (Phi) is 4.92. The molecule has 6 nitrogen and oxygen atoms in total. The third-order valence-electron chi connectivity index (χ3n) is 3.71. The van der Waals surface area contributed by atoms with Crippen molar-refractivity contribution in [2.45, 2.75) is 0 Å². The Morgan fingerprint density at radius 3 is 2.62 bits per heavy atom. The maximum atomic E-state index is 12.9. The van der Waals surface area contributed by atoms with E-state index in [1.807, 2.05) is 0 Å². The van der Waals surface area contributed by atoms with E-state index in [1.54, 1.807) is 30.3 Å². The van der Waals surface area contributed by atoms with Crippen LogP contribution in [-0.2, 0) is 9.59 Å². The largest absolute Gasteiger partial charge is 0.504 e. The highest BCUT2D eigenvalue weighted by molar-refractivity contribution is 7.80. The summed E-state index contributed by atoms with van der Waals surface area (Å²) in [7, 11) is 1.42. The number of nitrogens with zero attached hydrogens (tertiary/aromatic N) is 1. The Labute approximate surface area is 159 Å². The van der Waals surface area contributed by atoms with Crippen LogP contribution in [0.3, 0.4) is 0 Å². The molecule has 0 saturated carbocycles. The van der Waals surface area contributed by atoms with E-state index in [-0.39, 0.29) is 22.2 Å². The molecule has 1 aliphatic heterocycles. The highest BCUT2D eigenvalue weighted by atomic mass is 35.5. The molecule has 0 aliphatic carbocycles. The van der Waals surface area contributed by atoms with Gasteiger partial charge in [-0.1, -0.05) is 29.8 Å². The molecule has 2 aromatic rings. The fraction of sp³-hybridized carbons (Fsp3) is 0.0556. The molecule has 0 spiro atoms. The molecule has 1 saturated heterocycles. The van der Waals surface area contributed by atoms with Gasteiger partial charge in [0.1, 0.15) is 5.57 Å². The van der Waals surface area contributed by atoms with Crippen LogP contribution in [-0.4, -0.2) is 29.1 Å². The van der Waals surface area contributed by atoms with Gasteiger partial charge >= 0.3 is 0 Å². The molecule has 0 bridgehead atoms. The molecule has 8 heteroatoms. The van der Waals surface area contributed by atoms with Crippen LogP contribution in [0.1, 0.15) is 5.56 Å². The summed E-state index contributed by atoms with van der Waals surface area (Å²) in [4.78, 5) is 26.3. The number of carbonyl (C=O) groups is 2. The van der Waals surface area contributed by atoms with E-state index >= 15 is 0 Å². The van der Waals surface area contributed by atoms with Crippen molar-refractivity contribution in [2.24, 2.45) is 0 Å². The zero-order valence-corrected chi connectivity index (χ0v) is 15.1. The normalized spacial score (nSPS) is 16.0. The summed E-state index contributed by atoms with van der Waals surface area (Å²) in [5.41, 5.74) is 0.685. The number of benzene rings is 2. The highest BCUT2D eigenvalue weighted by Crippen LogP contribution is 2.30. The van der Waals surface area contributed by atoms with Gasteiger partial charge in [-0.15, -0.1) is 0 Å². The van der Waals surface area contributed by atoms with Crippen LogP contribution in [0.2, 0.25) is 5.02 Å². The lowest BCUT2D eigenvalue weighted by molar-refractivity contribution is -0.122.